The predicted molar refractivity (Wildman–Crippen MR) is 145 cm³/mol. The van der Waals surface area contributed by atoms with Crippen LogP contribution < -0.4 is 15.4 Å². The minimum atomic E-state index is -0.00599. The highest BCUT2D eigenvalue weighted by molar-refractivity contribution is 14.0. The maximum absolute atomic E-state index is 12.0. The summed E-state index contributed by atoms with van der Waals surface area (Å²) in [7, 11) is 5.23. The molecule has 6 nitrogen and oxygen atoms in total. The number of carbonyl (C=O) groups is 1. The molecular weight excluding hydrogens is 527 g/mol. The summed E-state index contributed by atoms with van der Waals surface area (Å²) in [6, 6.07) is 23.5. The van der Waals surface area contributed by atoms with Crippen molar-refractivity contribution in [2.45, 2.75) is 20.0 Å². The third-order valence-corrected chi connectivity index (χ3v) is 4.93. The number of amides is 1. The summed E-state index contributed by atoms with van der Waals surface area (Å²) in [4.78, 5) is 17.9. The Balaban J connectivity index is 0.00000385. The molecule has 0 spiro atoms. The van der Waals surface area contributed by atoms with E-state index >= 15 is 0 Å². The van der Waals surface area contributed by atoms with Crippen LogP contribution in [0.3, 0.4) is 0 Å². The van der Waals surface area contributed by atoms with Gasteiger partial charge in [0.15, 0.2) is 5.96 Å². The number of halogens is 1. The largest absolute Gasteiger partial charge is 0.457 e. The van der Waals surface area contributed by atoms with Crippen LogP contribution in [0.1, 0.15) is 27.0 Å². The third-order valence-electron chi connectivity index (χ3n) is 4.93. The smallest absolute Gasteiger partial charge is 0.253 e. The van der Waals surface area contributed by atoms with Crippen molar-refractivity contribution in [3.63, 3.8) is 0 Å². The number of guanidine groups is 1. The first-order valence-electron chi connectivity index (χ1n) is 10.5. The van der Waals surface area contributed by atoms with Crippen molar-refractivity contribution in [2.24, 2.45) is 4.99 Å². The topological polar surface area (TPSA) is 66.0 Å². The summed E-state index contributed by atoms with van der Waals surface area (Å²) in [5, 5.41) is 6.64. The van der Waals surface area contributed by atoms with Crippen LogP contribution in [0.25, 0.3) is 0 Å². The number of nitrogens with zero attached hydrogens (tertiary/aromatic N) is 2. The van der Waals surface area contributed by atoms with E-state index in [1.54, 1.807) is 26.0 Å². The molecule has 0 saturated heterocycles. The zero-order valence-corrected chi connectivity index (χ0v) is 21.8. The molecule has 174 valence electrons. The highest BCUT2D eigenvalue weighted by Gasteiger charge is 2.08. The van der Waals surface area contributed by atoms with E-state index in [9.17, 15) is 4.79 Å². The van der Waals surface area contributed by atoms with Gasteiger partial charge in [-0.05, 0) is 48.4 Å². The molecule has 0 bridgehead atoms. The van der Waals surface area contributed by atoms with Crippen LogP contribution in [-0.2, 0) is 13.1 Å². The number of hydrogen-bond donors (Lipinski definition) is 2. The number of carbonyl (C=O) groups excluding carboxylic acids is 1. The van der Waals surface area contributed by atoms with E-state index in [0.29, 0.717) is 24.6 Å². The number of aliphatic imine (C=N–C) groups is 1. The summed E-state index contributed by atoms with van der Waals surface area (Å²) in [5.74, 6) is 2.30. The van der Waals surface area contributed by atoms with Crippen LogP contribution in [0.15, 0.2) is 77.8 Å². The Labute approximate surface area is 213 Å². The van der Waals surface area contributed by atoms with Crippen LogP contribution >= 0.6 is 24.0 Å². The normalized spacial score (nSPS) is 10.7. The SMILES string of the molecule is CN=C(NCc1ccc(C(=O)N(C)C)cc1)NCc1ccccc1Oc1cccc(C)c1.I. The number of nitrogens with one attached hydrogen (secondary N) is 2. The van der Waals surface area contributed by atoms with Crippen molar-refractivity contribution in [1.29, 1.82) is 0 Å². The molecule has 3 rings (SSSR count). The molecule has 0 atom stereocenters. The lowest BCUT2D eigenvalue weighted by Gasteiger charge is -2.15. The second kappa shape index (κ2) is 12.8. The van der Waals surface area contributed by atoms with Gasteiger partial charge in [-0.25, -0.2) is 0 Å². The van der Waals surface area contributed by atoms with Crippen LogP contribution in [0, 0.1) is 6.92 Å². The number of aryl methyl sites for hydroxylation is 1. The van der Waals surface area contributed by atoms with E-state index in [-0.39, 0.29) is 29.9 Å². The maximum Gasteiger partial charge on any atom is 0.253 e. The van der Waals surface area contributed by atoms with Gasteiger partial charge >= 0.3 is 0 Å². The second-order valence-electron chi connectivity index (χ2n) is 7.70. The first-order chi connectivity index (χ1) is 15.5. The van der Waals surface area contributed by atoms with Gasteiger partial charge in [-0.2, -0.15) is 0 Å². The molecule has 2 N–H and O–H groups in total. The van der Waals surface area contributed by atoms with Gasteiger partial charge in [0.1, 0.15) is 11.5 Å². The summed E-state index contributed by atoms with van der Waals surface area (Å²) >= 11 is 0. The first-order valence-corrected chi connectivity index (χ1v) is 10.5. The highest BCUT2D eigenvalue weighted by atomic mass is 127. The molecule has 0 fully saturated rings. The minimum absolute atomic E-state index is 0. The molecule has 0 radical (unpaired) electrons. The van der Waals surface area contributed by atoms with Crippen LogP contribution in [0.5, 0.6) is 11.5 Å². The van der Waals surface area contributed by atoms with Gasteiger partial charge in [-0.1, -0.05) is 42.5 Å². The average Bonchev–Trinajstić information content (AvgIpc) is 2.80. The number of benzene rings is 3. The minimum Gasteiger partial charge on any atom is -0.457 e. The summed E-state index contributed by atoms with van der Waals surface area (Å²) in [5.41, 5.74) is 3.92. The molecule has 3 aromatic carbocycles. The molecule has 1 amide bonds. The molecule has 0 aliphatic carbocycles. The Kier molecular flexibility index (Phi) is 10.2. The van der Waals surface area contributed by atoms with E-state index in [1.165, 1.54) is 0 Å². The van der Waals surface area contributed by atoms with Gasteiger partial charge in [-0.15, -0.1) is 24.0 Å². The average molecular weight is 558 g/mol. The molecule has 0 aliphatic heterocycles. The highest BCUT2D eigenvalue weighted by Crippen LogP contribution is 2.25. The maximum atomic E-state index is 12.0. The molecule has 0 aliphatic rings. The summed E-state index contributed by atoms with van der Waals surface area (Å²) < 4.78 is 6.10. The van der Waals surface area contributed by atoms with E-state index in [2.05, 4.69) is 15.6 Å². The second-order valence-corrected chi connectivity index (χ2v) is 7.70. The van der Waals surface area contributed by atoms with Crippen molar-refractivity contribution in [3.05, 3.63) is 95.1 Å². The Hall–Kier alpha value is -3.07. The fraction of sp³-hybridized carbons (Fsp3) is 0.231. The lowest BCUT2D eigenvalue weighted by Crippen LogP contribution is -2.36. The van der Waals surface area contributed by atoms with Crippen molar-refractivity contribution < 1.29 is 9.53 Å². The van der Waals surface area contributed by atoms with E-state index in [0.717, 1.165) is 28.2 Å². The van der Waals surface area contributed by atoms with E-state index < -0.39 is 0 Å². The number of hydrogen-bond acceptors (Lipinski definition) is 3. The Morgan fingerprint density at radius 1 is 0.939 bits per heavy atom. The quantitative estimate of drug-likeness (QED) is 0.244. The van der Waals surface area contributed by atoms with Crippen molar-refractivity contribution in [1.82, 2.24) is 15.5 Å². The standard InChI is InChI=1S/C26H30N4O2.HI/c1-19-8-7-10-23(16-19)32-24-11-6-5-9-22(24)18-29-26(27-2)28-17-20-12-14-21(15-13-20)25(31)30(3)4;/h5-16H,17-18H2,1-4H3,(H2,27,28,29);1H. The lowest BCUT2D eigenvalue weighted by molar-refractivity contribution is 0.0827. The molecule has 33 heavy (non-hydrogen) atoms. The number of ether oxygens (including phenoxy) is 1. The summed E-state index contributed by atoms with van der Waals surface area (Å²) in [6.07, 6.45) is 0. The van der Waals surface area contributed by atoms with Gasteiger partial charge in [0.05, 0.1) is 0 Å². The van der Waals surface area contributed by atoms with Crippen molar-refractivity contribution in [3.8, 4) is 11.5 Å². The zero-order valence-electron chi connectivity index (χ0n) is 19.5. The fourth-order valence-electron chi connectivity index (χ4n) is 3.16. The van der Waals surface area contributed by atoms with Gasteiger partial charge in [0.2, 0.25) is 0 Å². The molecule has 0 unspecified atom stereocenters. The first kappa shape index (κ1) is 26.2. The zero-order chi connectivity index (χ0) is 22.9. The summed E-state index contributed by atoms with van der Waals surface area (Å²) in [6.45, 7) is 3.21. The van der Waals surface area contributed by atoms with Gasteiger partial charge < -0.3 is 20.3 Å². The van der Waals surface area contributed by atoms with E-state index in [4.69, 9.17) is 4.74 Å². The van der Waals surface area contributed by atoms with Gasteiger partial charge in [-0.3, -0.25) is 9.79 Å². The van der Waals surface area contributed by atoms with E-state index in [1.807, 2.05) is 79.7 Å². The van der Waals surface area contributed by atoms with Gasteiger partial charge in [0, 0.05) is 45.4 Å². The number of rotatable bonds is 7. The Bertz CT molecular complexity index is 1080. The molecule has 0 heterocycles. The fourth-order valence-corrected chi connectivity index (χ4v) is 3.16. The molecule has 0 saturated carbocycles. The van der Waals surface area contributed by atoms with Crippen LogP contribution in [0.4, 0.5) is 0 Å². The van der Waals surface area contributed by atoms with Gasteiger partial charge in [0.25, 0.3) is 5.91 Å². The molecule has 0 aromatic heterocycles. The lowest BCUT2D eigenvalue weighted by atomic mass is 10.1. The molecular formula is C26H31IN4O2. The van der Waals surface area contributed by atoms with Crippen molar-refractivity contribution >= 4 is 35.8 Å². The monoisotopic (exact) mass is 558 g/mol. The van der Waals surface area contributed by atoms with Crippen molar-refractivity contribution in [2.75, 3.05) is 21.1 Å². The third kappa shape index (κ3) is 7.78. The molecule has 3 aromatic rings. The van der Waals surface area contributed by atoms with Crippen LogP contribution in [-0.4, -0.2) is 37.9 Å². The Morgan fingerprint density at radius 3 is 2.30 bits per heavy atom. The number of para-hydroxylation sites is 1. The predicted octanol–water partition coefficient (Wildman–Crippen LogP) is 4.97. The molecule has 7 heteroatoms. The Morgan fingerprint density at radius 2 is 1.64 bits per heavy atom. The van der Waals surface area contributed by atoms with Crippen LogP contribution in [0.2, 0.25) is 0 Å².